The first-order chi connectivity index (χ1) is 9.70. The highest BCUT2D eigenvalue weighted by molar-refractivity contribution is 5.93. The zero-order valence-electron chi connectivity index (χ0n) is 11.0. The van der Waals surface area contributed by atoms with Crippen LogP contribution in [0, 0.1) is 0 Å². The van der Waals surface area contributed by atoms with E-state index >= 15 is 0 Å². The van der Waals surface area contributed by atoms with Gasteiger partial charge < -0.3 is 16.8 Å². The molecule has 0 saturated heterocycles. The van der Waals surface area contributed by atoms with Gasteiger partial charge in [0.15, 0.2) is 0 Å². The maximum absolute atomic E-state index is 11.1. The van der Waals surface area contributed by atoms with E-state index in [-0.39, 0.29) is 0 Å². The fraction of sp³-hybridized carbons (Fsp3) is 0.214. The number of anilines is 1. The van der Waals surface area contributed by atoms with Crippen molar-refractivity contribution in [3.8, 4) is 11.4 Å². The van der Waals surface area contributed by atoms with Crippen molar-refractivity contribution in [1.29, 1.82) is 0 Å². The molecule has 0 bridgehead atoms. The molecule has 6 heteroatoms. The van der Waals surface area contributed by atoms with Crippen molar-refractivity contribution < 1.29 is 4.79 Å². The minimum atomic E-state index is -0.478. The number of aromatic nitrogens is 2. The van der Waals surface area contributed by atoms with Crippen LogP contribution in [0.25, 0.3) is 11.4 Å². The van der Waals surface area contributed by atoms with Crippen LogP contribution in [0.2, 0.25) is 0 Å². The second kappa shape index (κ2) is 6.63. The third-order valence-corrected chi connectivity index (χ3v) is 2.78. The van der Waals surface area contributed by atoms with E-state index in [0.717, 1.165) is 18.7 Å². The number of carbonyl (C=O) groups is 1. The lowest BCUT2D eigenvalue weighted by Gasteiger charge is -2.06. The lowest BCUT2D eigenvalue weighted by molar-refractivity contribution is 0.1000. The summed E-state index contributed by atoms with van der Waals surface area (Å²) in [6.07, 6.45) is 4.18. The number of pyridine rings is 2. The number of amides is 1. The zero-order valence-corrected chi connectivity index (χ0v) is 11.0. The van der Waals surface area contributed by atoms with E-state index in [9.17, 15) is 4.79 Å². The number of primary amides is 1. The second-order valence-electron chi connectivity index (χ2n) is 4.30. The maximum atomic E-state index is 11.1. The number of hydrogen-bond acceptors (Lipinski definition) is 5. The smallest absolute Gasteiger partial charge is 0.248 e. The molecule has 0 saturated carbocycles. The van der Waals surface area contributed by atoms with Gasteiger partial charge in [-0.25, -0.2) is 0 Å². The van der Waals surface area contributed by atoms with Crippen LogP contribution in [-0.2, 0) is 0 Å². The zero-order chi connectivity index (χ0) is 14.4. The SMILES string of the molecule is NCCCNc1ccc(-c2cc(C(N)=O)ccn2)nc1. The van der Waals surface area contributed by atoms with Crippen molar-refractivity contribution in [3.05, 3.63) is 42.2 Å². The number of nitrogens with zero attached hydrogens (tertiary/aromatic N) is 2. The molecule has 2 heterocycles. The normalized spacial score (nSPS) is 10.2. The van der Waals surface area contributed by atoms with Gasteiger partial charge in [-0.2, -0.15) is 0 Å². The van der Waals surface area contributed by atoms with Crippen LogP contribution in [0.5, 0.6) is 0 Å². The predicted octanol–water partition coefficient (Wildman–Crippen LogP) is 1.00. The average Bonchev–Trinajstić information content (AvgIpc) is 2.48. The summed E-state index contributed by atoms with van der Waals surface area (Å²) in [4.78, 5) is 19.6. The molecule has 104 valence electrons. The van der Waals surface area contributed by atoms with Gasteiger partial charge in [-0.05, 0) is 37.2 Å². The van der Waals surface area contributed by atoms with Crippen LogP contribution in [0.15, 0.2) is 36.7 Å². The summed E-state index contributed by atoms with van der Waals surface area (Å²) in [5.41, 5.74) is 13.3. The van der Waals surface area contributed by atoms with Crippen LogP contribution in [0.4, 0.5) is 5.69 Å². The molecule has 5 N–H and O–H groups in total. The molecule has 0 fully saturated rings. The van der Waals surface area contributed by atoms with Crippen molar-refractivity contribution in [2.45, 2.75) is 6.42 Å². The second-order valence-corrected chi connectivity index (χ2v) is 4.30. The van der Waals surface area contributed by atoms with E-state index in [0.29, 0.717) is 23.5 Å². The molecule has 0 aliphatic carbocycles. The van der Waals surface area contributed by atoms with E-state index in [4.69, 9.17) is 11.5 Å². The van der Waals surface area contributed by atoms with E-state index < -0.39 is 5.91 Å². The van der Waals surface area contributed by atoms with Gasteiger partial charge in [-0.3, -0.25) is 14.8 Å². The van der Waals surface area contributed by atoms with Crippen molar-refractivity contribution in [3.63, 3.8) is 0 Å². The van der Waals surface area contributed by atoms with Crippen molar-refractivity contribution >= 4 is 11.6 Å². The van der Waals surface area contributed by atoms with Crippen molar-refractivity contribution in [1.82, 2.24) is 9.97 Å². The monoisotopic (exact) mass is 271 g/mol. The highest BCUT2D eigenvalue weighted by Gasteiger charge is 2.05. The molecule has 0 spiro atoms. The third kappa shape index (κ3) is 3.52. The molecule has 2 aromatic heterocycles. The highest BCUT2D eigenvalue weighted by Crippen LogP contribution is 2.17. The van der Waals surface area contributed by atoms with Gasteiger partial charge >= 0.3 is 0 Å². The van der Waals surface area contributed by atoms with Crippen LogP contribution in [0.1, 0.15) is 16.8 Å². The topological polar surface area (TPSA) is 107 Å². The first-order valence-corrected chi connectivity index (χ1v) is 6.37. The Morgan fingerprint density at radius 3 is 2.70 bits per heavy atom. The molecule has 0 atom stereocenters. The van der Waals surface area contributed by atoms with Crippen molar-refractivity contribution in [2.75, 3.05) is 18.4 Å². The van der Waals surface area contributed by atoms with Crippen LogP contribution >= 0.6 is 0 Å². The van der Waals surface area contributed by atoms with Crippen molar-refractivity contribution in [2.24, 2.45) is 11.5 Å². The van der Waals surface area contributed by atoms with E-state index in [1.54, 1.807) is 24.5 Å². The number of nitrogens with two attached hydrogens (primary N) is 2. The molecule has 0 unspecified atom stereocenters. The predicted molar refractivity (Wildman–Crippen MR) is 78.1 cm³/mol. The van der Waals surface area contributed by atoms with E-state index in [2.05, 4.69) is 15.3 Å². The molecule has 2 rings (SSSR count). The lowest BCUT2D eigenvalue weighted by atomic mass is 10.1. The third-order valence-electron chi connectivity index (χ3n) is 2.78. The Balaban J connectivity index is 2.13. The average molecular weight is 271 g/mol. The molecule has 2 aromatic rings. The summed E-state index contributed by atoms with van der Waals surface area (Å²) >= 11 is 0. The Morgan fingerprint density at radius 2 is 2.05 bits per heavy atom. The molecular formula is C14H17N5O. The Labute approximate surface area is 117 Å². The van der Waals surface area contributed by atoms with Gasteiger partial charge in [0.05, 0.1) is 23.3 Å². The summed E-state index contributed by atoms with van der Waals surface area (Å²) in [6, 6.07) is 6.97. The molecule has 0 aromatic carbocycles. The highest BCUT2D eigenvalue weighted by atomic mass is 16.1. The van der Waals surface area contributed by atoms with Gasteiger partial charge in [-0.15, -0.1) is 0 Å². The van der Waals surface area contributed by atoms with Gasteiger partial charge in [0, 0.05) is 18.3 Å². The molecule has 6 nitrogen and oxygen atoms in total. The van der Waals surface area contributed by atoms with Gasteiger partial charge in [0.1, 0.15) is 0 Å². The number of rotatable bonds is 6. The Morgan fingerprint density at radius 1 is 1.20 bits per heavy atom. The minimum Gasteiger partial charge on any atom is -0.384 e. The van der Waals surface area contributed by atoms with Crippen LogP contribution in [0.3, 0.4) is 0 Å². The Bertz CT molecular complexity index is 582. The molecule has 1 amide bonds. The summed E-state index contributed by atoms with van der Waals surface area (Å²) in [7, 11) is 0. The lowest BCUT2D eigenvalue weighted by Crippen LogP contribution is -2.11. The molecule has 0 radical (unpaired) electrons. The summed E-state index contributed by atoms with van der Waals surface area (Å²) in [5, 5.41) is 3.22. The van der Waals surface area contributed by atoms with Crippen LogP contribution < -0.4 is 16.8 Å². The molecule has 0 aliphatic rings. The van der Waals surface area contributed by atoms with Gasteiger partial charge in [-0.1, -0.05) is 0 Å². The minimum absolute atomic E-state index is 0.418. The van der Waals surface area contributed by atoms with E-state index in [1.165, 1.54) is 0 Å². The molecule has 20 heavy (non-hydrogen) atoms. The number of hydrogen-bond donors (Lipinski definition) is 3. The van der Waals surface area contributed by atoms with Gasteiger partial charge in [0.25, 0.3) is 0 Å². The number of nitrogens with one attached hydrogen (secondary N) is 1. The van der Waals surface area contributed by atoms with E-state index in [1.807, 2.05) is 12.1 Å². The van der Waals surface area contributed by atoms with Crippen LogP contribution in [-0.4, -0.2) is 29.0 Å². The Kier molecular flexibility index (Phi) is 4.62. The number of carbonyl (C=O) groups excluding carboxylic acids is 1. The quantitative estimate of drug-likeness (QED) is 0.679. The first-order valence-electron chi connectivity index (χ1n) is 6.37. The standard InChI is InChI=1S/C14H17N5O/c15-5-1-6-17-11-2-3-12(19-9-11)13-8-10(14(16)20)4-7-18-13/h2-4,7-9,17H,1,5-6,15H2,(H2,16,20). The molecular weight excluding hydrogens is 254 g/mol. The summed E-state index contributed by atoms with van der Waals surface area (Å²) in [5.74, 6) is -0.478. The first kappa shape index (κ1) is 14.0. The maximum Gasteiger partial charge on any atom is 0.248 e. The summed E-state index contributed by atoms with van der Waals surface area (Å²) < 4.78 is 0. The fourth-order valence-corrected chi connectivity index (χ4v) is 1.71. The largest absolute Gasteiger partial charge is 0.384 e. The molecule has 0 aliphatic heterocycles. The van der Waals surface area contributed by atoms with Gasteiger partial charge in [0.2, 0.25) is 5.91 Å². The Hall–Kier alpha value is -2.47. The summed E-state index contributed by atoms with van der Waals surface area (Å²) in [6.45, 7) is 1.47. The fourth-order valence-electron chi connectivity index (χ4n) is 1.71.